The zero-order valence-corrected chi connectivity index (χ0v) is 15.0. The van der Waals surface area contributed by atoms with Crippen molar-refractivity contribution in [1.29, 1.82) is 0 Å². The van der Waals surface area contributed by atoms with Gasteiger partial charge in [0.05, 0.1) is 13.2 Å². The monoisotopic (exact) mass is 368 g/mol. The molecule has 138 valence electrons. The zero-order chi connectivity index (χ0) is 17.5. The van der Waals surface area contributed by atoms with Gasteiger partial charge in [-0.2, -0.15) is 0 Å². The second-order valence-corrected chi connectivity index (χ2v) is 6.98. The standard InChI is InChI=1S/C18H25ClN2O4/c19-14-2-4-15(5-3-14)21-17(22)20-9-1-6-18(7-10-23-11-8-18)16-24-12-13-25-16/h2-5,16H,1,6-13H2,(H2,20,21,22). The number of carbonyl (C=O) groups excluding carboxylic acids is 1. The summed E-state index contributed by atoms with van der Waals surface area (Å²) in [6, 6.07) is 6.82. The third-order valence-electron chi connectivity index (χ3n) is 4.85. The van der Waals surface area contributed by atoms with E-state index in [4.69, 9.17) is 25.8 Å². The van der Waals surface area contributed by atoms with Crippen LogP contribution in [-0.4, -0.2) is 45.3 Å². The van der Waals surface area contributed by atoms with Crippen molar-refractivity contribution in [3.8, 4) is 0 Å². The average molecular weight is 369 g/mol. The number of carbonyl (C=O) groups is 1. The molecular formula is C18H25ClN2O4. The Morgan fingerprint density at radius 1 is 1.12 bits per heavy atom. The zero-order valence-electron chi connectivity index (χ0n) is 14.3. The van der Waals surface area contributed by atoms with Gasteiger partial charge in [0.25, 0.3) is 0 Å². The van der Waals surface area contributed by atoms with Crippen LogP contribution in [0.1, 0.15) is 25.7 Å². The van der Waals surface area contributed by atoms with E-state index in [1.165, 1.54) is 0 Å². The maximum absolute atomic E-state index is 12.0. The Morgan fingerprint density at radius 2 is 1.80 bits per heavy atom. The van der Waals surface area contributed by atoms with Crippen LogP contribution in [0.5, 0.6) is 0 Å². The van der Waals surface area contributed by atoms with Crippen molar-refractivity contribution in [3.05, 3.63) is 29.3 Å². The van der Waals surface area contributed by atoms with E-state index in [0.29, 0.717) is 24.8 Å². The minimum Gasteiger partial charge on any atom is -0.381 e. The molecular weight excluding hydrogens is 344 g/mol. The summed E-state index contributed by atoms with van der Waals surface area (Å²) in [7, 11) is 0. The molecule has 2 heterocycles. The molecule has 0 aliphatic carbocycles. The van der Waals surface area contributed by atoms with E-state index in [-0.39, 0.29) is 17.7 Å². The van der Waals surface area contributed by atoms with Crippen LogP contribution in [0.4, 0.5) is 10.5 Å². The van der Waals surface area contributed by atoms with Gasteiger partial charge in [-0.25, -0.2) is 4.79 Å². The Kier molecular flexibility index (Phi) is 6.53. The summed E-state index contributed by atoms with van der Waals surface area (Å²) in [5, 5.41) is 6.33. The summed E-state index contributed by atoms with van der Waals surface area (Å²) < 4.78 is 17.1. The molecule has 2 aliphatic rings. The molecule has 3 rings (SSSR count). The molecule has 0 unspecified atom stereocenters. The summed E-state index contributed by atoms with van der Waals surface area (Å²) >= 11 is 5.83. The third kappa shape index (κ3) is 5.07. The topological polar surface area (TPSA) is 68.8 Å². The SMILES string of the molecule is O=C(NCCCC1(C2OCCO2)CCOCC1)Nc1ccc(Cl)cc1. The predicted octanol–water partition coefficient (Wildman–Crippen LogP) is 3.41. The lowest BCUT2D eigenvalue weighted by Crippen LogP contribution is -2.42. The molecule has 2 saturated heterocycles. The molecule has 1 aromatic carbocycles. The third-order valence-corrected chi connectivity index (χ3v) is 5.10. The second-order valence-electron chi connectivity index (χ2n) is 6.54. The molecule has 0 spiro atoms. The quantitative estimate of drug-likeness (QED) is 0.755. The molecule has 6 nitrogen and oxygen atoms in total. The number of nitrogens with one attached hydrogen (secondary N) is 2. The Balaban J connectivity index is 1.42. The van der Waals surface area contributed by atoms with E-state index in [1.54, 1.807) is 24.3 Å². The van der Waals surface area contributed by atoms with E-state index in [0.717, 1.165) is 44.6 Å². The van der Waals surface area contributed by atoms with E-state index in [9.17, 15) is 4.79 Å². The Bertz CT molecular complexity index is 555. The Labute approximate surface area is 153 Å². The molecule has 0 aromatic heterocycles. The van der Waals surface area contributed by atoms with Crippen molar-refractivity contribution in [2.75, 3.05) is 38.3 Å². The molecule has 2 amide bonds. The summed E-state index contributed by atoms with van der Waals surface area (Å²) in [5.74, 6) is 0. The lowest BCUT2D eigenvalue weighted by atomic mass is 9.75. The van der Waals surface area contributed by atoms with Crippen molar-refractivity contribution in [3.63, 3.8) is 0 Å². The first kappa shape index (κ1) is 18.5. The maximum atomic E-state index is 12.0. The van der Waals surface area contributed by atoms with Crippen LogP contribution < -0.4 is 10.6 Å². The smallest absolute Gasteiger partial charge is 0.319 e. The number of amides is 2. The lowest BCUT2D eigenvalue weighted by molar-refractivity contribution is -0.168. The highest BCUT2D eigenvalue weighted by Gasteiger charge is 2.43. The van der Waals surface area contributed by atoms with Gasteiger partial charge in [0, 0.05) is 35.9 Å². The van der Waals surface area contributed by atoms with Crippen LogP contribution in [0.3, 0.4) is 0 Å². The second kappa shape index (κ2) is 8.85. The fourth-order valence-electron chi connectivity index (χ4n) is 3.44. The van der Waals surface area contributed by atoms with Crippen LogP contribution in [0.25, 0.3) is 0 Å². The van der Waals surface area contributed by atoms with Crippen LogP contribution in [-0.2, 0) is 14.2 Å². The number of rotatable bonds is 6. The van der Waals surface area contributed by atoms with Crippen LogP contribution in [0, 0.1) is 5.41 Å². The maximum Gasteiger partial charge on any atom is 0.319 e. The molecule has 1 aromatic rings. The normalized spacial score (nSPS) is 20.4. The molecule has 2 fully saturated rings. The van der Waals surface area contributed by atoms with Gasteiger partial charge < -0.3 is 24.8 Å². The summed E-state index contributed by atoms with van der Waals surface area (Å²) in [5.41, 5.74) is 0.721. The minimum absolute atomic E-state index is 0.00306. The van der Waals surface area contributed by atoms with Gasteiger partial charge in [0.15, 0.2) is 6.29 Å². The average Bonchev–Trinajstić information content (AvgIpc) is 3.17. The van der Waals surface area contributed by atoms with Crippen LogP contribution in [0.2, 0.25) is 5.02 Å². The van der Waals surface area contributed by atoms with E-state index < -0.39 is 0 Å². The van der Waals surface area contributed by atoms with Crippen molar-refractivity contribution < 1.29 is 19.0 Å². The van der Waals surface area contributed by atoms with Crippen LogP contribution >= 0.6 is 11.6 Å². The highest BCUT2D eigenvalue weighted by Crippen LogP contribution is 2.42. The Morgan fingerprint density at radius 3 is 2.48 bits per heavy atom. The molecule has 2 N–H and O–H groups in total. The fourth-order valence-corrected chi connectivity index (χ4v) is 3.57. The number of anilines is 1. The lowest BCUT2D eigenvalue weighted by Gasteiger charge is -2.40. The van der Waals surface area contributed by atoms with Gasteiger partial charge in [-0.15, -0.1) is 0 Å². The summed E-state index contributed by atoms with van der Waals surface area (Å²) in [6.07, 6.45) is 3.56. The molecule has 0 bridgehead atoms. The van der Waals surface area contributed by atoms with E-state index >= 15 is 0 Å². The fraction of sp³-hybridized carbons (Fsp3) is 0.611. The number of halogens is 1. The van der Waals surface area contributed by atoms with Gasteiger partial charge in [-0.1, -0.05) is 11.6 Å². The number of hydrogen-bond donors (Lipinski definition) is 2. The highest BCUT2D eigenvalue weighted by molar-refractivity contribution is 6.30. The largest absolute Gasteiger partial charge is 0.381 e. The molecule has 25 heavy (non-hydrogen) atoms. The first-order valence-corrected chi connectivity index (χ1v) is 9.17. The number of urea groups is 1. The molecule has 0 atom stereocenters. The van der Waals surface area contributed by atoms with Crippen molar-refractivity contribution in [2.24, 2.45) is 5.41 Å². The molecule has 0 saturated carbocycles. The number of ether oxygens (including phenoxy) is 3. The minimum atomic E-state index is -0.211. The summed E-state index contributed by atoms with van der Waals surface area (Å²) in [4.78, 5) is 12.0. The Hall–Kier alpha value is -1.34. The van der Waals surface area contributed by atoms with Gasteiger partial charge >= 0.3 is 6.03 Å². The molecule has 0 radical (unpaired) electrons. The summed E-state index contributed by atoms with van der Waals surface area (Å²) in [6.45, 7) is 3.42. The van der Waals surface area contributed by atoms with Crippen LogP contribution in [0.15, 0.2) is 24.3 Å². The number of benzene rings is 1. The van der Waals surface area contributed by atoms with Gasteiger partial charge in [-0.05, 0) is 49.9 Å². The predicted molar refractivity (Wildman–Crippen MR) is 95.9 cm³/mol. The van der Waals surface area contributed by atoms with Crippen molar-refractivity contribution >= 4 is 23.3 Å². The van der Waals surface area contributed by atoms with Gasteiger partial charge in [0.2, 0.25) is 0 Å². The van der Waals surface area contributed by atoms with Gasteiger partial charge in [-0.3, -0.25) is 0 Å². The first-order chi connectivity index (χ1) is 12.2. The van der Waals surface area contributed by atoms with Gasteiger partial charge in [0.1, 0.15) is 0 Å². The van der Waals surface area contributed by atoms with Crippen molar-refractivity contribution in [1.82, 2.24) is 5.32 Å². The van der Waals surface area contributed by atoms with E-state index in [1.807, 2.05) is 0 Å². The highest BCUT2D eigenvalue weighted by atomic mass is 35.5. The van der Waals surface area contributed by atoms with Crippen molar-refractivity contribution in [2.45, 2.75) is 32.0 Å². The first-order valence-electron chi connectivity index (χ1n) is 8.79. The molecule has 2 aliphatic heterocycles. The number of hydrogen-bond acceptors (Lipinski definition) is 4. The van der Waals surface area contributed by atoms with E-state index in [2.05, 4.69) is 10.6 Å². The molecule has 7 heteroatoms.